The first-order chi connectivity index (χ1) is 12.1. The molecule has 7 nitrogen and oxygen atoms in total. The molecule has 2 aromatic heterocycles. The van der Waals surface area contributed by atoms with Crippen molar-refractivity contribution in [2.75, 3.05) is 18.0 Å². The van der Waals surface area contributed by atoms with E-state index in [1.165, 1.54) is 17.4 Å². The standard InChI is InChI=1S/C17H22N6OS/c1-5-23(6-2)14-9-7-13(8-10-14)16-19-20-17(22(16)4)25-11-15-18-12(3)21-24-15/h7-10H,5-6,11H2,1-4H3. The molecule has 0 N–H and O–H groups in total. The Bertz CT molecular complexity index is 822. The zero-order valence-electron chi connectivity index (χ0n) is 14.9. The Hall–Kier alpha value is -2.35. The first kappa shape index (κ1) is 17.5. The minimum Gasteiger partial charge on any atom is -0.372 e. The highest BCUT2D eigenvalue weighted by atomic mass is 32.2. The quantitative estimate of drug-likeness (QED) is 0.600. The Morgan fingerprint density at radius 1 is 1.12 bits per heavy atom. The van der Waals surface area contributed by atoms with Crippen molar-refractivity contribution < 1.29 is 4.52 Å². The molecule has 8 heteroatoms. The molecule has 0 fully saturated rings. The van der Waals surface area contributed by atoms with E-state index in [2.05, 4.69) is 63.4 Å². The van der Waals surface area contributed by atoms with Crippen molar-refractivity contribution in [1.29, 1.82) is 0 Å². The van der Waals surface area contributed by atoms with Crippen molar-refractivity contribution in [3.8, 4) is 11.4 Å². The number of hydrogen-bond acceptors (Lipinski definition) is 7. The summed E-state index contributed by atoms with van der Waals surface area (Å²) in [7, 11) is 1.97. The molecule has 3 aromatic rings. The molecule has 0 amide bonds. The Morgan fingerprint density at radius 3 is 2.44 bits per heavy atom. The molecule has 25 heavy (non-hydrogen) atoms. The molecule has 0 saturated carbocycles. The Balaban J connectivity index is 1.74. The third-order valence-electron chi connectivity index (χ3n) is 3.98. The number of thioether (sulfide) groups is 1. The van der Waals surface area contributed by atoms with Gasteiger partial charge in [-0.25, -0.2) is 0 Å². The Morgan fingerprint density at radius 2 is 1.84 bits per heavy atom. The lowest BCUT2D eigenvalue weighted by molar-refractivity contribution is 0.387. The van der Waals surface area contributed by atoms with Crippen LogP contribution >= 0.6 is 11.8 Å². The minimum atomic E-state index is 0.577. The van der Waals surface area contributed by atoms with Crippen molar-refractivity contribution in [3.63, 3.8) is 0 Å². The molecule has 0 bridgehead atoms. The number of hydrogen-bond donors (Lipinski definition) is 0. The zero-order chi connectivity index (χ0) is 17.8. The summed E-state index contributed by atoms with van der Waals surface area (Å²) >= 11 is 1.53. The summed E-state index contributed by atoms with van der Waals surface area (Å²) in [6.07, 6.45) is 0. The molecule has 0 saturated heterocycles. The fourth-order valence-electron chi connectivity index (χ4n) is 2.63. The van der Waals surface area contributed by atoms with Crippen LogP contribution in [0.2, 0.25) is 0 Å². The number of aryl methyl sites for hydroxylation is 1. The maximum absolute atomic E-state index is 5.13. The lowest BCUT2D eigenvalue weighted by Crippen LogP contribution is -2.21. The van der Waals surface area contributed by atoms with Gasteiger partial charge in [0.15, 0.2) is 16.8 Å². The topological polar surface area (TPSA) is 72.9 Å². The first-order valence-corrected chi connectivity index (χ1v) is 9.27. The summed E-state index contributed by atoms with van der Waals surface area (Å²) in [6, 6.07) is 8.44. The lowest BCUT2D eigenvalue weighted by Gasteiger charge is -2.21. The number of rotatable bonds is 7. The fraction of sp³-hybridized carbons (Fsp3) is 0.412. The van der Waals surface area contributed by atoms with Crippen LogP contribution in [0.25, 0.3) is 11.4 Å². The van der Waals surface area contributed by atoms with Crippen LogP contribution in [-0.4, -0.2) is 38.0 Å². The van der Waals surface area contributed by atoms with Crippen LogP contribution in [0.15, 0.2) is 33.9 Å². The van der Waals surface area contributed by atoms with Gasteiger partial charge in [0.1, 0.15) is 0 Å². The fourth-order valence-corrected chi connectivity index (χ4v) is 3.38. The van der Waals surface area contributed by atoms with E-state index < -0.39 is 0 Å². The van der Waals surface area contributed by atoms with E-state index in [1.54, 1.807) is 6.92 Å². The monoisotopic (exact) mass is 358 g/mol. The van der Waals surface area contributed by atoms with Crippen molar-refractivity contribution >= 4 is 17.4 Å². The predicted octanol–water partition coefficient (Wildman–Crippen LogP) is 3.31. The molecule has 0 aliphatic carbocycles. The van der Waals surface area contributed by atoms with Gasteiger partial charge in [-0.15, -0.1) is 10.2 Å². The van der Waals surface area contributed by atoms with Crippen molar-refractivity contribution in [2.24, 2.45) is 7.05 Å². The first-order valence-electron chi connectivity index (χ1n) is 8.29. The third-order valence-corrected chi connectivity index (χ3v) is 4.99. The van der Waals surface area contributed by atoms with Crippen LogP contribution < -0.4 is 4.90 Å². The van der Waals surface area contributed by atoms with Gasteiger partial charge in [-0.05, 0) is 45.0 Å². The maximum Gasteiger partial charge on any atom is 0.237 e. The summed E-state index contributed by atoms with van der Waals surface area (Å²) in [6.45, 7) is 8.12. The van der Waals surface area contributed by atoms with E-state index in [9.17, 15) is 0 Å². The van der Waals surface area contributed by atoms with Crippen LogP contribution in [0.3, 0.4) is 0 Å². The summed E-state index contributed by atoms with van der Waals surface area (Å²) in [5, 5.41) is 13.2. The second kappa shape index (κ2) is 7.69. The molecular weight excluding hydrogens is 336 g/mol. The highest BCUT2D eigenvalue weighted by Crippen LogP contribution is 2.26. The second-order valence-electron chi connectivity index (χ2n) is 5.61. The molecule has 0 aliphatic rings. The molecule has 0 spiro atoms. The molecule has 132 valence electrons. The average Bonchev–Trinajstić information content (AvgIpc) is 3.20. The van der Waals surface area contributed by atoms with Crippen LogP contribution in [0.4, 0.5) is 5.69 Å². The SMILES string of the molecule is CCN(CC)c1ccc(-c2nnc(SCc3nc(C)no3)n2C)cc1. The van der Waals surface area contributed by atoms with Gasteiger partial charge in [-0.3, -0.25) is 0 Å². The average molecular weight is 358 g/mol. The third kappa shape index (κ3) is 3.84. The molecule has 1 aromatic carbocycles. The summed E-state index contributed by atoms with van der Waals surface area (Å²) in [5.74, 6) is 2.65. The number of benzene rings is 1. The van der Waals surface area contributed by atoms with Gasteiger partial charge in [-0.2, -0.15) is 4.98 Å². The number of anilines is 1. The zero-order valence-corrected chi connectivity index (χ0v) is 15.7. The number of aromatic nitrogens is 5. The predicted molar refractivity (Wildman–Crippen MR) is 98.6 cm³/mol. The summed E-state index contributed by atoms with van der Waals surface area (Å²) in [5.41, 5.74) is 2.27. The van der Waals surface area contributed by atoms with E-state index >= 15 is 0 Å². The van der Waals surface area contributed by atoms with Crippen molar-refractivity contribution in [3.05, 3.63) is 36.0 Å². The van der Waals surface area contributed by atoms with E-state index in [-0.39, 0.29) is 0 Å². The smallest absolute Gasteiger partial charge is 0.237 e. The van der Waals surface area contributed by atoms with Crippen LogP contribution in [0, 0.1) is 6.92 Å². The van der Waals surface area contributed by atoms with Gasteiger partial charge in [0.05, 0.1) is 5.75 Å². The van der Waals surface area contributed by atoms with Gasteiger partial charge < -0.3 is 14.0 Å². The van der Waals surface area contributed by atoms with E-state index in [4.69, 9.17) is 4.52 Å². The molecule has 3 rings (SSSR count). The minimum absolute atomic E-state index is 0.577. The van der Waals surface area contributed by atoms with Crippen LogP contribution in [0.1, 0.15) is 25.6 Å². The molecule has 0 atom stereocenters. The van der Waals surface area contributed by atoms with Crippen LogP contribution in [0.5, 0.6) is 0 Å². The molecular formula is C17H22N6OS. The molecule has 0 radical (unpaired) electrons. The van der Waals surface area contributed by atoms with Gasteiger partial charge in [-0.1, -0.05) is 16.9 Å². The Labute approximate surface area is 151 Å². The largest absolute Gasteiger partial charge is 0.372 e. The van der Waals surface area contributed by atoms with Crippen molar-refractivity contribution in [2.45, 2.75) is 31.7 Å². The molecule has 2 heterocycles. The van der Waals surface area contributed by atoms with E-state index in [1.807, 2.05) is 11.6 Å². The van der Waals surface area contributed by atoms with Gasteiger partial charge in [0, 0.05) is 31.4 Å². The lowest BCUT2D eigenvalue weighted by atomic mass is 10.2. The van der Waals surface area contributed by atoms with Gasteiger partial charge >= 0.3 is 0 Å². The summed E-state index contributed by atoms with van der Waals surface area (Å²) in [4.78, 5) is 6.52. The van der Waals surface area contributed by atoms with Gasteiger partial charge in [0.2, 0.25) is 5.89 Å². The number of nitrogens with zero attached hydrogens (tertiary/aromatic N) is 6. The normalized spacial score (nSPS) is 11.0. The van der Waals surface area contributed by atoms with E-state index in [0.29, 0.717) is 17.5 Å². The van der Waals surface area contributed by atoms with E-state index in [0.717, 1.165) is 29.6 Å². The van der Waals surface area contributed by atoms with Crippen LogP contribution in [-0.2, 0) is 12.8 Å². The van der Waals surface area contributed by atoms with Gasteiger partial charge in [0.25, 0.3) is 0 Å². The molecule has 0 aliphatic heterocycles. The second-order valence-corrected chi connectivity index (χ2v) is 6.55. The Kier molecular flexibility index (Phi) is 5.37. The molecule has 0 unspecified atom stereocenters. The highest BCUT2D eigenvalue weighted by molar-refractivity contribution is 7.98. The highest BCUT2D eigenvalue weighted by Gasteiger charge is 2.13. The maximum atomic E-state index is 5.13. The van der Waals surface area contributed by atoms with Crippen molar-refractivity contribution in [1.82, 2.24) is 24.9 Å². The summed E-state index contributed by atoms with van der Waals surface area (Å²) < 4.78 is 7.12.